The molecule has 0 spiro atoms. The molecule has 1 aromatic heterocycles. The zero-order valence-electron chi connectivity index (χ0n) is 15.8. The first-order valence-corrected chi connectivity index (χ1v) is 9.83. The second-order valence-electron chi connectivity index (χ2n) is 6.41. The van der Waals surface area contributed by atoms with Gasteiger partial charge in [-0.3, -0.25) is 9.59 Å². The van der Waals surface area contributed by atoms with Gasteiger partial charge in [-0.2, -0.15) is 0 Å². The van der Waals surface area contributed by atoms with Crippen LogP contribution in [-0.4, -0.2) is 39.0 Å². The third-order valence-corrected chi connectivity index (χ3v) is 5.37. The molecule has 0 saturated carbocycles. The second kappa shape index (κ2) is 7.96. The zero-order valence-corrected chi connectivity index (χ0v) is 16.7. The first-order chi connectivity index (χ1) is 14.0. The van der Waals surface area contributed by atoms with Gasteiger partial charge < -0.3 is 19.4 Å². The summed E-state index contributed by atoms with van der Waals surface area (Å²) in [6, 6.07) is 12.4. The van der Waals surface area contributed by atoms with Gasteiger partial charge in [0, 0.05) is 23.9 Å². The van der Waals surface area contributed by atoms with Gasteiger partial charge in [-0.05, 0) is 37.3 Å². The number of aromatic nitrogens is 3. The predicted molar refractivity (Wildman–Crippen MR) is 108 cm³/mol. The molecule has 1 aliphatic rings. The monoisotopic (exact) mass is 410 g/mol. The molecular formula is C20H18N4O4S. The molecule has 0 bridgehead atoms. The summed E-state index contributed by atoms with van der Waals surface area (Å²) in [4.78, 5) is 23.7. The molecule has 0 unspecified atom stereocenters. The second-order valence-corrected chi connectivity index (χ2v) is 7.35. The molecule has 1 aliphatic heterocycles. The number of hydrogen-bond acceptors (Lipinski definition) is 7. The van der Waals surface area contributed by atoms with Crippen LogP contribution in [0.15, 0.2) is 47.6 Å². The Morgan fingerprint density at radius 3 is 2.79 bits per heavy atom. The average molecular weight is 410 g/mol. The molecule has 1 amide bonds. The fraction of sp³-hybridized carbons (Fsp3) is 0.200. The molecule has 0 saturated heterocycles. The van der Waals surface area contributed by atoms with E-state index in [0.29, 0.717) is 33.7 Å². The molecule has 0 aliphatic carbocycles. The van der Waals surface area contributed by atoms with E-state index in [4.69, 9.17) is 9.47 Å². The number of anilines is 1. The summed E-state index contributed by atoms with van der Waals surface area (Å²) < 4.78 is 12.6. The topological polar surface area (TPSA) is 95.3 Å². The van der Waals surface area contributed by atoms with Crippen LogP contribution in [0.2, 0.25) is 0 Å². The number of carbonyl (C=O) groups excluding carboxylic acids is 2. The number of ketones is 1. The molecule has 9 heteroatoms. The van der Waals surface area contributed by atoms with E-state index < -0.39 is 0 Å². The minimum absolute atomic E-state index is 0.0504. The van der Waals surface area contributed by atoms with Crippen molar-refractivity contribution in [3.05, 3.63) is 48.0 Å². The zero-order chi connectivity index (χ0) is 20.4. The third kappa shape index (κ3) is 4.09. The lowest BCUT2D eigenvalue weighted by molar-refractivity contribution is -0.113. The van der Waals surface area contributed by atoms with Crippen LogP contribution in [0.25, 0.3) is 11.4 Å². The van der Waals surface area contributed by atoms with Gasteiger partial charge in [0.1, 0.15) is 0 Å². The van der Waals surface area contributed by atoms with E-state index in [1.54, 1.807) is 24.3 Å². The van der Waals surface area contributed by atoms with Crippen molar-refractivity contribution in [1.29, 1.82) is 0 Å². The first-order valence-electron chi connectivity index (χ1n) is 8.84. The Balaban J connectivity index is 1.41. The molecule has 8 nitrogen and oxygen atoms in total. The Morgan fingerprint density at radius 1 is 1.14 bits per heavy atom. The van der Waals surface area contributed by atoms with E-state index in [9.17, 15) is 9.59 Å². The van der Waals surface area contributed by atoms with E-state index in [-0.39, 0.29) is 24.2 Å². The first kappa shape index (κ1) is 19.0. The van der Waals surface area contributed by atoms with Crippen LogP contribution in [0.3, 0.4) is 0 Å². The van der Waals surface area contributed by atoms with E-state index in [1.807, 2.05) is 29.8 Å². The molecule has 4 rings (SSSR count). The maximum absolute atomic E-state index is 12.3. The van der Waals surface area contributed by atoms with Crippen LogP contribution >= 0.6 is 11.8 Å². The number of ether oxygens (including phenoxy) is 2. The average Bonchev–Trinajstić information content (AvgIpc) is 3.32. The van der Waals surface area contributed by atoms with Gasteiger partial charge in [-0.25, -0.2) is 0 Å². The van der Waals surface area contributed by atoms with Gasteiger partial charge in [0.15, 0.2) is 28.3 Å². The fourth-order valence-electron chi connectivity index (χ4n) is 2.87. The van der Waals surface area contributed by atoms with Gasteiger partial charge in [-0.1, -0.05) is 23.9 Å². The van der Waals surface area contributed by atoms with E-state index in [1.165, 1.54) is 18.7 Å². The maximum atomic E-state index is 12.3. The van der Waals surface area contributed by atoms with Crippen molar-refractivity contribution in [3.63, 3.8) is 0 Å². The summed E-state index contributed by atoms with van der Waals surface area (Å²) in [5.74, 6) is 1.97. The summed E-state index contributed by atoms with van der Waals surface area (Å²) in [6.07, 6.45) is 0. The van der Waals surface area contributed by atoms with Crippen molar-refractivity contribution in [2.45, 2.75) is 12.1 Å². The van der Waals surface area contributed by atoms with Crippen molar-refractivity contribution in [2.24, 2.45) is 7.05 Å². The van der Waals surface area contributed by atoms with Gasteiger partial charge in [0.2, 0.25) is 12.7 Å². The Kier molecular flexibility index (Phi) is 5.22. The quantitative estimate of drug-likeness (QED) is 0.493. The van der Waals surface area contributed by atoms with Crippen molar-refractivity contribution >= 4 is 29.1 Å². The smallest absolute Gasteiger partial charge is 0.234 e. The lowest BCUT2D eigenvalue weighted by atomic mass is 10.1. The molecule has 2 heterocycles. The number of Topliss-reactive ketones (excluding diaryl/α,β-unsaturated/α-hetero) is 1. The van der Waals surface area contributed by atoms with Crippen LogP contribution in [0.5, 0.6) is 11.5 Å². The minimum atomic E-state index is -0.191. The lowest BCUT2D eigenvalue weighted by Crippen LogP contribution is -2.14. The molecule has 0 radical (unpaired) electrons. The Labute approximate surface area is 171 Å². The van der Waals surface area contributed by atoms with Gasteiger partial charge in [0.05, 0.1) is 5.75 Å². The maximum Gasteiger partial charge on any atom is 0.234 e. The SMILES string of the molecule is CC(=O)c1cccc(NC(=O)CSc2nnc(-c3ccc4c(c3)OCO4)n2C)c1. The molecule has 3 aromatic rings. The van der Waals surface area contributed by atoms with Gasteiger partial charge in [-0.15, -0.1) is 10.2 Å². The highest BCUT2D eigenvalue weighted by Gasteiger charge is 2.18. The predicted octanol–water partition coefficient (Wildman–Crippen LogP) is 3.14. The third-order valence-electron chi connectivity index (χ3n) is 4.35. The number of nitrogens with zero attached hydrogens (tertiary/aromatic N) is 3. The molecule has 29 heavy (non-hydrogen) atoms. The summed E-state index contributed by atoms with van der Waals surface area (Å²) >= 11 is 1.28. The van der Waals surface area contributed by atoms with Gasteiger partial charge >= 0.3 is 0 Å². The number of nitrogens with one attached hydrogen (secondary N) is 1. The standard InChI is InChI=1S/C20H18N4O4S/c1-12(25)13-4-3-5-15(8-13)21-18(26)10-29-20-23-22-19(24(20)2)14-6-7-16-17(9-14)28-11-27-16/h3-9H,10-11H2,1-2H3,(H,21,26). The van der Waals surface area contributed by atoms with Crippen LogP contribution in [-0.2, 0) is 11.8 Å². The number of benzene rings is 2. The van der Waals surface area contributed by atoms with Crippen LogP contribution in [0, 0.1) is 0 Å². The molecule has 0 atom stereocenters. The number of thioether (sulfide) groups is 1. The van der Waals surface area contributed by atoms with E-state index in [2.05, 4.69) is 15.5 Å². The number of amides is 1. The largest absolute Gasteiger partial charge is 0.454 e. The Morgan fingerprint density at radius 2 is 1.97 bits per heavy atom. The summed E-state index contributed by atoms with van der Waals surface area (Å²) in [5, 5.41) is 11.8. The van der Waals surface area contributed by atoms with Crippen LogP contribution in [0.4, 0.5) is 5.69 Å². The van der Waals surface area contributed by atoms with E-state index >= 15 is 0 Å². The van der Waals surface area contributed by atoms with Gasteiger partial charge in [0.25, 0.3) is 0 Å². The Hall–Kier alpha value is -3.33. The number of fused-ring (bicyclic) bond motifs is 1. The molecule has 0 fully saturated rings. The van der Waals surface area contributed by atoms with Crippen molar-refractivity contribution in [3.8, 4) is 22.9 Å². The fourth-order valence-corrected chi connectivity index (χ4v) is 3.58. The molecule has 1 N–H and O–H groups in total. The van der Waals surface area contributed by atoms with Crippen LogP contribution in [0.1, 0.15) is 17.3 Å². The van der Waals surface area contributed by atoms with E-state index in [0.717, 1.165) is 5.56 Å². The normalized spacial score (nSPS) is 12.1. The highest BCUT2D eigenvalue weighted by Crippen LogP contribution is 2.35. The highest BCUT2D eigenvalue weighted by molar-refractivity contribution is 7.99. The number of carbonyl (C=O) groups is 2. The number of rotatable bonds is 6. The molecule has 148 valence electrons. The van der Waals surface area contributed by atoms with Crippen molar-refractivity contribution in [1.82, 2.24) is 14.8 Å². The minimum Gasteiger partial charge on any atom is -0.454 e. The lowest BCUT2D eigenvalue weighted by Gasteiger charge is -2.07. The summed E-state index contributed by atoms with van der Waals surface area (Å²) in [7, 11) is 1.84. The molecule has 2 aromatic carbocycles. The highest BCUT2D eigenvalue weighted by atomic mass is 32.2. The molecular weight excluding hydrogens is 392 g/mol. The summed E-state index contributed by atoms with van der Waals surface area (Å²) in [6.45, 7) is 1.70. The summed E-state index contributed by atoms with van der Waals surface area (Å²) in [5.41, 5.74) is 1.99. The van der Waals surface area contributed by atoms with Crippen LogP contribution < -0.4 is 14.8 Å². The van der Waals surface area contributed by atoms with Crippen molar-refractivity contribution in [2.75, 3.05) is 17.9 Å². The number of hydrogen-bond donors (Lipinski definition) is 1. The van der Waals surface area contributed by atoms with Crippen molar-refractivity contribution < 1.29 is 19.1 Å². The Bertz CT molecular complexity index is 1100.